The minimum atomic E-state index is -4.04. The van der Waals surface area contributed by atoms with Crippen molar-refractivity contribution in [2.24, 2.45) is 5.10 Å². The zero-order valence-electron chi connectivity index (χ0n) is 14.9. The number of hydrazone groups is 1. The Morgan fingerprint density at radius 2 is 1.71 bits per heavy atom. The van der Waals surface area contributed by atoms with Crippen LogP contribution in [0.25, 0.3) is 0 Å². The number of nitrogens with one attached hydrogen (secondary N) is 1. The Morgan fingerprint density at radius 1 is 1.04 bits per heavy atom. The van der Waals surface area contributed by atoms with Gasteiger partial charge in [-0.15, -0.1) is 0 Å². The van der Waals surface area contributed by atoms with Crippen molar-refractivity contribution >= 4 is 50.5 Å². The van der Waals surface area contributed by atoms with Crippen LogP contribution in [0.15, 0.2) is 58.5 Å². The van der Waals surface area contributed by atoms with Gasteiger partial charge >= 0.3 is 0 Å². The lowest BCUT2D eigenvalue weighted by Gasteiger charge is -2.25. The lowest BCUT2D eigenvalue weighted by atomic mass is 10.3. The molecule has 0 aliphatic heterocycles. The van der Waals surface area contributed by atoms with Gasteiger partial charge in [-0.05, 0) is 49.9 Å². The molecule has 2 aromatic carbocycles. The molecule has 0 heterocycles. The minimum Gasteiger partial charge on any atom is -0.271 e. The molecular weight excluding hydrogens is 421 g/mol. The van der Waals surface area contributed by atoms with Gasteiger partial charge in [-0.25, -0.2) is 13.8 Å². The van der Waals surface area contributed by atoms with Gasteiger partial charge in [-0.1, -0.05) is 47.5 Å². The third-order valence-corrected chi connectivity index (χ3v) is 6.92. The topological polar surface area (TPSA) is 78.8 Å². The number of hydrogen-bond donors (Lipinski definition) is 1. The molecule has 1 aliphatic carbocycles. The van der Waals surface area contributed by atoms with Crippen molar-refractivity contribution in [2.45, 2.75) is 30.6 Å². The summed E-state index contributed by atoms with van der Waals surface area (Å²) < 4.78 is 27.3. The van der Waals surface area contributed by atoms with Gasteiger partial charge in [0, 0.05) is 5.71 Å². The first kappa shape index (κ1) is 20.6. The summed E-state index contributed by atoms with van der Waals surface area (Å²) >= 11 is 12.3. The lowest BCUT2D eigenvalue weighted by molar-refractivity contribution is -0.119. The van der Waals surface area contributed by atoms with Gasteiger partial charge in [-0.3, -0.25) is 9.10 Å². The van der Waals surface area contributed by atoms with E-state index < -0.39 is 22.5 Å². The molecule has 6 nitrogen and oxygen atoms in total. The molecule has 0 saturated heterocycles. The first-order valence-corrected chi connectivity index (χ1v) is 11.0. The van der Waals surface area contributed by atoms with Gasteiger partial charge in [0.1, 0.15) is 6.54 Å². The zero-order chi connectivity index (χ0) is 20.1. The second kappa shape index (κ2) is 8.94. The van der Waals surface area contributed by atoms with Crippen molar-refractivity contribution in [3.8, 4) is 0 Å². The average Bonchev–Trinajstić information content (AvgIpc) is 3.21. The molecule has 0 unspecified atom stereocenters. The van der Waals surface area contributed by atoms with E-state index in [1.807, 2.05) is 0 Å². The van der Waals surface area contributed by atoms with Crippen LogP contribution in [-0.2, 0) is 14.8 Å². The predicted octanol–water partition coefficient (Wildman–Crippen LogP) is 4.23. The molecule has 0 aromatic heterocycles. The Morgan fingerprint density at radius 3 is 2.39 bits per heavy atom. The van der Waals surface area contributed by atoms with Crippen molar-refractivity contribution < 1.29 is 13.2 Å². The molecule has 0 bridgehead atoms. The molecule has 1 aliphatic rings. The molecular formula is C19H19Cl2N3O3S. The molecule has 1 N–H and O–H groups in total. The van der Waals surface area contributed by atoms with Crippen molar-refractivity contribution in [1.29, 1.82) is 0 Å². The van der Waals surface area contributed by atoms with Gasteiger partial charge in [0.2, 0.25) is 0 Å². The van der Waals surface area contributed by atoms with Crippen LogP contribution in [0.5, 0.6) is 0 Å². The van der Waals surface area contributed by atoms with E-state index in [9.17, 15) is 13.2 Å². The molecule has 1 amide bonds. The second-order valence-corrected chi connectivity index (χ2v) is 8.97. The standard InChI is InChI=1S/C19H19Cl2N3O3S/c20-16-11-6-12-17(19(16)21)24(28(26,27)15-9-2-1-3-10-15)13-18(25)23-22-14-7-4-5-8-14/h1-3,6,9-12H,4-5,7-8,13H2,(H,23,25). The van der Waals surface area contributed by atoms with Gasteiger partial charge in [-0.2, -0.15) is 5.10 Å². The van der Waals surface area contributed by atoms with Gasteiger partial charge < -0.3 is 0 Å². The van der Waals surface area contributed by atoms with Crippen LogP contribution in [-0.4, -0.2) is 26.6 Å². The molecule has 148 valence electrons. The van der Waals surface area contributed by atoms with E-state index in [0.29, 0.717) is 0 Å². The fraction of sp³-hybridized carbons (Fsp3) is 0.263. The first-order valence-electron chi connectivity index (χ1n) is 8.75. The van der Waals surface area contributed by atoms with Crippen LogP contribution < -0.4 is 9.73 Å². The van der Waals surface area contributed by atoms with E-state index >= 15 is 0 Å². The number of rotatable bonds is 6. The number of hydrogen-bond acceptors (Lipinski definition) is 4. The SMILES string of the molecule is O=C(CN(c1cccc(Cl)c1Cl)S(=O)(=O)c1ccccc1)NN=C1CCCC1. The summed E-state index contributed by atoms with van der Waals surface area (Å²) in [7, 11) is -4.04. The van der Waals surface area contributed by atoms with Crippen LogP contribution in [0.1, 0.15) is 25.7 Å². The largest absolute Gasteiger partial charge is 0.271 e. The molecule has 28 heavy (non-hydrogen) atoms. The fourth-order valence-electron chi connectivity index (χ4n) is 2.91. The van der Waals surface area contributed by atoms with E-state index in [0.717, 1.165) is 35.7 Å². The third-order valence-electron chi connectivity index (χ3n) is 4.34. The average molecular weight is 440 g/mol. The fourth-order valence-corrected chi connectivity index (χ4v) is 4.81. The maximum atomic E-state index is 13.2. The molecule has 0 radical (unpaired) electrons. The van der Waals surface area contributed by atoms with Crippen molar-refractivity contribution in [1.82, 2.24) is 5.43 Å². The Labute approximate surface area is 174 Å². The van der Waals surface area contributed by atoms with Crippen LogP contribution in [0.2, 0.25) is 10.0 Å². The van der Waals surface area contributed by atoms with Crippen molar-refractivity contribution in [3.05, 3.63) is 58.6 Å². The number of sulfonamides is 1. The first-order chi connectivity index (χ1) is 13.4. The lowest BCUT2D eigenvalue weighted by Crippen LogP contribution is -2.40. The minimum absolute atomic E-state index is 0.0425. The van der Waals surface area contributed by atoms with E-state index in [2.05, 4.69) is 10.5 Å². The summed E-state index contributed by atoms with van der Waals surface area (Å²) in [6.07, 6.45) is 3.77. The normalized spacial score (nSPS) is 14.0. The number of anilines is 1. The maximum absolute atomic E-state index is 13.2. The van der Waals surface area contributed by atoms with Gasteiger partial charge in [0.25, 0.3) is 15.9 Å². The van der Waals surface area contributed by atoms with Crippen LogP contribution >= 0.6 is 23.2 Å². The number of nitrogens with zero attached hydrogens (tertiary/aromatic N) is 2. The summed E-state index contributed by atoms with van der Waals surface area (Å²) in [4.78, 5) is 12.5. The summed E-state index contributed by atoms with van der Waals surface area (Å²) in [5, 5.41) is 4.35. The maximum Gasteiger partial charge on any atom is 0.264 e. The number of halogens is 2. The van der Waals surface area contributed by atoms with Gasteiger partial charge in [0.05, 0.1) is 20.6 Å². The highest BCUT2D eigenvalue weighted by Crippen LogP contribution is 2.35. The highest BCUT2D eigenvalue weighted by atomic mass is 35.5. The Bertz CT molecular complexity index is 987. The molecule has 3 rings (SSSR count). The molecule has 1 fully saturated rings. The Hall–Kier alpha value is -2.09. The highest BCUT2D eigenvalue weighted by Gasteiger charge is 2.29. The zero-order valence-corrected chi connectivity index (χ0v) is 17.3. The molecule has 0 atom stereocenters. The number of benzene rings is 2. The molecule has 9 heteroatoms. The molecule has 2 aromatic rings. The number of amides is 1. The van der Waals surface area contributed by atoms with Crippen LogP contribution in [0, 0.1) is 0 Å². The quantitative estimate of drug-likeness (QED) is 0.683. The molecule has 0 spiro atoms. The van der Waals surface area contributed by atoms with Crippen LogP contribution in [0.3, 0.4) is 0 Å². The molecule has 1 saturated carbocycles. The van der Waals surface area contributed by atoms with E-state index in [1.165, 1.54) is 18.2 Å². The third kappa shape index (κ3) is 4.66. The van der Waals surface area contributed by atoms with Crippen molar-refractivity contribution in [3.63, 3.8) is 0 Å². The van der Waals surface area contributed by atoms with E-state index in [1.54, 1.807) is 30.3 Å². The van der Waals surface area contributed by atoms with E-state index in [4.69, 9.17) is 23.2 Å². The van der Waals surface area contributed by atoms with Crippen LogP contribution in [0.4, 0.5) is 5.69 Å². The Balaban J connectivity index is 1.94. The van der Waals surface area contributed by atoms with Gasteiger partial charge in [0.15, 0.2) is 0 Å². The predicted molar refractivity (Wildman–Crippen MR) is 111 cm³/mol. The smallest absolute Gasteiger partial charge is 0.264 e. The summed E-state index contributed by atoms with van der Waals surface area (Å²) in [6, 6.07) is 12.5. The summed E-state index contributed by atoms with van der Waals surface area (Å²) in [5.74, 6) is -0.560. The highest BCUT2D eigenvalue weighted by molar-refractivity contribution is 7.92. The monoisotopic (exact) mass is 439 g/mol. The number of carbonyl (C=O) groups excluding carboxylic acids is 1. The Kier molecular flexibility index (Phi) is 6.59. The van der Waals surface area contributed by atoms with Crippen molar-refractivity contribution in [2.75, 3.05) is 10.8 Å². The summed E-state index contributed by atoms with van der Waals surface area (Å²) in [5.41, 5.74) is 3.48. The number of carbonyl (C=O) groups is 1. The van der Waals surface area contributed by atoms with E-state index in [-0.39, 0.29) is 20.6 Å². The summed E-state index contributed by atoms with van der Waals surface area (Å²) in [6.45, 7) is -0.478. The second-order valence-electron chi connectivity index (χ2n) is 6.32.